The molecular formula is C23H32Si2. The highest BCUT2D eigenvalue weighted by atomic mass is 28.3. The number of hydrogen-bond acceptors (Lipinski definition) is 0. The summed E-state index contributed by atoms with van der Waals surface area (Å²) in [7, 11) is -3.18. The third-order valence-corrected chi connectivity index (χ3v) is 13.2. The predicted octanol–water partition coefficient (Wildman–Crippen LogP) is 6.28. The minimum absolute atomic E-state index is 0.756. The molecule has 1 aliphatic heterocycles. The van der Waals surface area contributed by atoms with Gasteiger partial charge >= 0.3 is 0 Å². The summed E-state index contributed by atoms with van der Waals surface area (Å²) in [4.78, 5) is 0. The van der Waals surface area contributed by atoms with Gasteiger partial charge in [0.1, 0.15) is 8.07 Å². The van der Waals surface area contributed by atoms with Crippen LogP contribution < -0.4 is 5.19 Å². The minimum atomic E-state index is -1.66. The lowest BCUT2D eigenvalue weighted by Gasteiger charge is -2.30. The molecule has 0 saturated heterocycles. The highest BCUT2D eigenvalue weighted by Crippen LogP contribution is 2.45. The van der Waals surface area contributed by atoms with Crippen molar-refractivity contribution in [3.05, 3.63) is 65.2 Å². The van der Waals surface area contributed by atoms with Crippen molar-refractivity contribution in [1.29, 1.82) is 0 Å². The molecule has 2 aromatic carbocycles. The van der Waals surface area contributed by atoms with Crippen molar-refractivity contribution in [3.8, 4) is 0 Å². The molecule has 0 unspecified atom stereocenters. The van der Waals surface area contributed by atoms with Gasteiger partial charge in [0.25, 0.3) is 0 Å². The first-order valence-electron chi connectivity index (χ1n) is 9.57. The molecule has 2 aromatic rings. The molecule has 0 spiro atoms. The third kappa shape index (κ3) is 3.22. The smallest absolute Gasteiger partial charge is 0.0654 e. The maximum absolute atomic E-state index is 2.59. The molecule has 25 heavy (non-hydrogen) atoms. The average molecular weight is 365 g/mol. The monoisotopic (exact) mass is 364 g/mol. The fraction of sp³-hybridized carbons (Fsp3) is 0.391. The van der Waals surface area contributed by atoms with Gasteiger partial charge in [0, 0.05) is 0 Å². The van der Waals surface area contributed by atoms with E-state index in [1.807, 2.05) is 0 Å². The number of aryl methyl sites for hydroxylation is 1. The average Bonchev–Trinajstić information content (AvgIpc) is 2.76. The predicted molar refractivity (Wildman–Crippen MR) is 119 cm³/mol. The van der Waals surface area contributed by atoms with Crippen molar-refractivity contribution >= 4 is 31.7 Å². The van der Waals surface area contributed by atoms with E-state index in [0.717, 1.165) is 5.92 Å². The van der Waals surface area contributed by atoms with Gasteiger partial charge in [0.15, 0.2) is 0 Å². The van der Waals surface area contributed by atoms with Crippen LogP contribution in [0.5, 0.6) is 0 Å². The summed E-state index contributed by atoms with van der Waals surface area (Å²) in [5.74, 6) is 0.756. The Bertz CT molecular complexity index is 808. The Morgan fingerprint density at radius 3 is 2.12 bits per heavy atom. The molecule has 0 N–H and O–H groups in total. The van der Waals surface area contributed by atoms with Crippen LogP contribution in [0.15, 0.2) is 48.5 Å². The first kappa shape index (κ1) is 18.4. The molecule has 0 atom stereocenters. The molecule has 3 rings (SSSR count). The van der Waals surface area contributed by atoms with Crippen LogP contribution in [0.4, 0.5) is 0 Å². The summed E-state index contributed by atoms with van der Waals surface area (Å²) in [6.07, 6.45) is 0. The zero-order chi connectivity index (χ0) is 18.4. The normalized spacial score (nSPS) is 16.5. The van der Waals surface area contributed by atoms with Crippen molar-refractivity contribution in [2.75, 3.05) is 0 Å². The molecule has 0 aliphatic carbocycles. The second kappa shape index (κ2) is 6.40. The summed E-state index contributed by atoms with van der Waals surface area (Å²) < 4.78 is 0. The van der Waals surface area contributed by atoms with E-state index in [9.17, 15) is 0 Å². The van der Waals surface area contributed by atoms with Gasteiger partial charge in [-0.15, -0.1) is 0 Å². The Morgan fingerprint density at radius 2 is 1.52 bits per heavy atom. The minimum Gasteiger partial charge on any atom is -0.0654 e. The number of hydrogen-bond donors (Lipinski definition) is 0. The molecule has 0 radical (unpaired) electrons. The third-order valence-electron chi connectivity index (χ3n) is 5.68. The van der Waals surface area contributed by atoms with Crippen LogP contribution in [0.1, 0.15) is 30.5 Å². The van der Waals surface area contributed by atoms with E-state index < -0.39 is 16.1 Å². The van der Waals surface area contributed by atoms with Gasteiger partial charge in [0.2, 0.25) is 0 Å². The standard InChI is InChI=1S/C23H32Si2/c1-17(2)16-24(4,5)23-20-10-8-9-11-21(20)25(6,7)22(23)19-14-12-18(3)13-15-19/h8-15,17H,16H2,1-7H3. The van der Waals surface area contributed by atoms with Crippen LogP contribution in [0, 0.1) is 12.8 Å². The van der Waals surface area contributed by atoms with Gasteiger partial charge in [-0.3, -0.25) is 0 Å². The highest BCUT2D eigenvalue weighted by Gasteiger charge is 2.45. The lowest BCUT2D eigenvalue weighted by atomic mass is 10.1. The van der Waals surface area contributed by atoms with Crippen LogP contribution >= 0.6 is 0 Å². The van der Waals surface area contributed by atoms with Crippen molar-refractivity contribution in [2.45, 2.75) is 53.0 Å². The van der Waals surface area contributed by atoms with Gasteiger partial charge in [-0.25, -0.2) is 0 Å². The van der Waals surface area contributed by atoms with E-state index in [1.165, 1.54) is 17.2 Å². The fourth-order valence-corrected chi connectivity index (χ4v) is 14.3. The summed E-state index contributed by atoms with van der Waals surface area (Å²) in [5, 5.41) is 5.10. The van der Waals surface area contributed by atoms with Gasteiger partial charge in [-0.1, -0.05) is 105 Å². The molecule has 132 valence electrons. The number of benzene rings is 2. The first-order chi connectivity index (χ1) is 11.6. The summed E-state index contributed by atoms with van der Waals surface area (Å²) in [6.45, 7) is 17.2. The quantitative estimate of drug-likeness (QED) is 0.560. The van der Waals surface area contributed by atoms with E-state index in [1.54, 1.807) is 21.1 Å². The molecular weight excluding hydrogens is 332 g/mol. The molecule has 1 aliphatic rings. The molecule has 0 saturated carbocycles. The second-order valence-electron chi connectivity index (χ2n) is 9.27. The van der Waals surface area contributed by atoms with E-state index in [4.69, 9.17) is 0 Å². The molecule has 0 fully saturated rings. The van der Waals surface area contributed by atoms with Crippen molar-refractivity contribution in [1.82, 2.24) is 0 Å². The van der Waals surface area contributed by atoms with Crippen molar-refractivity contribution in [2.24, 2.45) is 5.92 Å². The molecule has 0 bridgehead atoms. The van der Waals surface area contributed by atoms with E-state index in [0.29, 0.717) is 0 Å². The van der Waals surface area contributed by atoms with Gasteiger partial charge in [-0.2, -0.15) is 0 Å². The number of fused-ring (bicyclic) bond motifs is 1. The Kier molecular flexibility index (Phi) is 4.72. The molecule has 0 nitrogen and oxygen atoms in total. The Morgan fingerprint density at radius 1 is 0.920 bits per heavy atom. The molecule has 0 aromatic heterocycles. The summed E-state index contributed by atoms with van der Waals surface area (Å²) in [6, 6.07) is 19.9. The Hall–Kier alpha value is -1.39. The van der Waals surface area contributed by atoms with Gasteiger partial charge in [0.05, 0.1) is 8.07 Å². The van der Waals surface area contributed by atoms with Crippen LogP contribution in [-0.2, 0) is 0 Å². The fourth-order valence-electron chi connectivity index (χ4n) is 4.88. The Balaban J connectivity index is 2.31. The van der Waals surface area contributed by atoms with Crippen molar-refractivity contribution < 1.29 is 0 Å². The van der Waals surface area contributed by atoms with E-state index in [-0.39, 0.29) is 0 Å². The maximum Gasteiger partial charge on any atom is 0.113 e. The second-order valence-corrected chi connectivity index (χ2v) is 18.2. The molecule has 2 heteroatoms. The lowest BCUT2D eigenvalue weighted by molar-refractivity contribution is 0.723. The highest BCUT2D eigenvalue weighted by molar-refractivity contribution is 7.14. The van der Waals surface area contributed by atoms with Crippen LogP contribution in [0.25, 0.3) is 10.4 Å². The molecule has 1 heterocycles. The van der Waals surface area contributed by atoms with Crippen LogP contribution in [0.2, 0.25) is 32.2 Å². The number of rotatable bonds is 4. The topological polar surface area (TPSA) is 0 Å². The summed E-state index contributed by atoms with van der Waals surface area (Å²) >= 11 is 0. The lowest BCUT2D eigenvalue weighted by Crippen LogP contribution is -2.40. The van der Waals surface area contributed by atoms with E-state index >= 15 is 0 Å². The largest absolute Gasteiger partial charge is 0.113 e. The van der Waals surface area contributed by atoms with E-state index in [2.05, 4.69) is 95.5 Å². The van der Waals surface area contributed by atoms with Crippen LogP contribution in [0.3, 0.4) is 0 Å². The van der Waals surface area contributed by atoms with Gasteiger partial charge in [-0.05, 0) is 34.4 Å². The zero-order valence-electron chi connectivity index (χ0n) is 16.9. The van der Waals surface area contributed by atoms with Crippen LogP contribution in [-0.4, -0.2) is 16.1 Å². The van der Waals surface area contributed by atoms with Crippen molar-refractivity contribution in [3.63, 3.8) is 0 Å². The SMILES string of the molecule is Cc1ccc(C2=C([Si](C)(C)CC(C)C)c3ccccc3[Si]2(C)C)cc1. The first-order valence-corrected chi connectivity index (χ1v) is 15.8. The van der Waals surface area contributed by atoms with Gasteiger partial charge < -0.3 is 0 Å². The Labute approximate surface area is 156 Å². The zero-order valence-corrected chi connectivity index (χ0v) is 18.9. The maximum atomic E-state index is 2.59. The summed E-state index contributed by atoms with van der Waals surface area (Å²) in [5.41, 5.74) is 4.39. The molecule has 0 amide bonds.